The van der Waals surface area contributed by atoms with E-state index in [9.17, 15) is 9.32 Å². The predicted octanol–water partition coefficient (Wildman–Crippen LogP) is 5.60. The molecule has 4 heteroatoms. The van der Waals surface area contributed by atoms with Crippen LogP contribution in [0.3, 0.4) is 0 Å². The summed E-state index contributed by atoms with van der Waals surface area (Å²) >= 11 is 0. The minimum absolute atomic E-state index is 0.0504. The summed E-state index contributed by atoms with van der Waals surface area (Å²) < 4.78 is 12.8. The molecule has 1 unspecified atom stereocenters. The van der Waals surface area contributed by atoms with Crippen molar-refractivity contribution in [1.82, 2.24) is 4.98 Å². The monoisotopic (exact) mass is 429 g/mol. The Hall–Kier alpha value is -0.740. The van der Waals surface area contributed by atoms with Crippen LogP contribution < -0.4 is 0 Å². The molecule has 1 aromatic rings. The van der Waals surface area contributed by atoms with E-state index >= 15 is 0 Å². The van der Waals surface area contributed by atoms with Crippen molar-refractivity contribution in [2.45, 2.75) is 89.1 Å². The Bertz CT molecular complexity index is 784. The molecule has 5 rings (SSSR count). The first-order chi connectivity index (χ1) is 14.4. The second kappa shape index (κ2) is 7.99. The summed E-state index contributed by atoms with van der Waals surface area (Å²) in [5.41, 5.74) is 0.908. The molecule has 4 aliphatic rings. The summed E-state index contributed by atoms with van der Waals surface area (Å²) in [7, 11) is -0.897. The zero-order chi connectivity index (χ0) is 20.9. The van der Waals surface area contributed by atoms with Crippen LogP contribution in [0.25, 0.3) is 0 Å². The zero-order valence-electron chi connectivity index (χ0n) is 18.8. The third kappa shape index (κ3) is 3.41. The van der Waals surface area contributed by atoms with Gasteiger partial charge in [0.15, 0.2) is 0 Å². The minimum atomic E-state index is -0.897. The van der Waals surface area contributed by atoms with Gasteiger partial charge in [-0.25, -0.2) is 0 Å². The first kappa shape index (κ1) is 21.1. The maximum Gasteiger partial charge on any atom is 0.0543 e. The molecule has 166 valence electrons. The van der Waals surface area contributed by atoms with Crippen molar-refractivity contribution in [3.8, 4) is 0 Å². The summed E-state index contributed by atoms with van der Waals surface area (Å²) in [6, 6.07) is 3.81. The van der Waals surface area contributed by atoms with Gasteiger partial charge in [0.05, 0.1) is 16.9 Å². The van der Waals surface area contributed by atoms with E-state index in [4.69, 9.17) is 0 Å². The quantitative estimate of drug-likeness (QED) is 0.678. The average molecular weight is 430 g/mol. The van der Waals surface area contributed by atoms with Gasteiger partial charge in [-0.3, -0.25) is 9.19 Å². The fraction of sp³-hybridized carbons (Fsp3) is 0.808. The van der Waals surface area contributed by atoms with Crippen molar-refractivity contribution in [2.75, 3.05) is 5.75 Å². The highest BCUT2D eigenvalue weighted by atomic mass is 32.2. The summed E-state index contributed by atoms with van der Waals surface area (Å²) in [6.07, 6.45) is 16.0. The fourth-order valence-corrected chi connectivity index (χ4v) is 9.84. The van der Waals surface area contributed by atoms with Crippen LogP contribution in [0.2, 0.25) is 0 Å². The predicted molar refractivity (Wildman–Crippen MR) is 121 cm³/mol. The van der Waals surface area contributed by atoms with Crippen molar-refractivity contribution in [3.05, 3.63) is 24.5 Å². The van der Waals surface area contributed by atoms with Gasteiger partial charge in [-0.15, -0.1) is 0 Å². The van der Waals surface area contributed by atoms with Crippen LogP contribution in [0.15, 0.2) is 29.4 Å². The summed E-state index contributed by atoms with van der Waals surface area (Å²) in [5.74, 6) is 4.88. The van der Waals surface area contributed by atoms with Gasteiger partial charge < -0.3 is 5.11 Å². The molecule has 0 amide bonds. The fourth-order valence-electron chi connectivity index (χ4n) is 8.68. The summed E-state index contributed by atoms with van der Waals surface area (Å²) in [4.78, 5) is 4.99. The molecule has 3 nitrogen and oxygen atoms in total. The number of hydrogen-bond acceptors (Lipinski definition) is 3. The first-order valence-corrected chi connectivity index (χ1v) is 13.7. The zero-order valence-corrected chi connectivity index (χ0v) is 19.6. The topological polar surface area (TPSA) is 50.2 Å². The highest BCUT2D eigenvalue weighted by molar-refractivity contribution is 7.85. The van der Waals surface area contributed by atoms with E-state index in [1.165, 1.54) is 44.9 Å². The molecule has 9 atom stereocenters. The number of pyridine rings is 1. The van der Waals surface area contributed by atoms with Crippen LogP contribution in [0.1, 0.15) is 78.1 Å². The Balaban J connectivity index is 1.28. The number of rotatable bonds is 4. The van der Waals surface area contributed by atoms with E-state index in [1.807, 2.05) is 12.1 Å². The number of aromatic nitrogens is 1. The van der Waals surface area contributed by atoms with E-state index in [1.54, 1.807) is 12.4 Å². The van der Waals surface area contributed by atoms with Gasteiger partial charge in [-0.05, 0) is 117 Å². The molecule has 1 heterocycles. The largest absolute Gasteiger partial charge is 0.393 e. The molecule has 0 radical (unpaired) electrons. The van der Waals surface area contributed by atoms with Crippen LogP contribution in [0.4, 0.5) is 0 Å². The van der Waals surface area contributed by atoms with Gasteiger partial charge in [-0.1, -0.05) is 13.8 Å². The van der Waals surface area contributed by atoms with Crippen molar-refractivity contribution >= 4 is 10.8 Å². The highest BCUT2D eigenvalue weighted by Crippen LogP contribution is 2.67. The van der Waals surface area contributed by atoms with Crippen molar-refractivity contribution in [3.63, 3.8) is 0 Å². The Kier molecular flexibility index (Phi) is 5.63. The lowest BCUT2D eigenvalue weighted by Gasteiger charge is -2.61. The first-order valence-electron chi connectivity index (χ1n) is 12.4. The maximum atomic E-state index is 12.8. The van der Waals surface area contributed by atoms with Gasteiger partial charge in [-0.2, -0.15) is 0 Å². The molecule has 0 aromatic carbocycles. The number of aliphatic hydroxyl groups excluding tert-OH is 1. The minimum Gasteiger partial charge on any atom is -0.393 e. The Morgan fingerprint density at radius 1 is 1.00 bits per heavy atom. The molecule has 0 spiro atoms. The molecule has 0 saturated heterocycles. The van der Waals surface area contributed by atoms with E-state index in [2.05, 4.69) is 18.8 Å². The Morgan fingerprint density at radius 3 is 2.53 bits per heavy atom. The molecular formula is C26H39NO2S. The lowest BCUT2D eigenvalue weighted by molar-refractivity contribution is -0.126. The Morgan fingerprint density at radius 2 is 1.73 bits per heavy atom. The molecule has 30 heavy (non-hydrogen) atoms. The number of hydrogen-bond donors (Lipinski definition) is 1. The number of nitrogens with zero attached hydrogens (tertiary/aromatic N) is 1. The lowest BCUT2D eigenvalue weighted by atomic mass is 9.44. The van der Waals surface area contributed by atoms with Crippen LogP contribution >= 0.6 is 0 Å². The third-order valence-corrected chi connectivity index (χ3v) is 11.8. The molecule has 4 aliphatic carbocycles. The molecule has 4 saturated carbocycles. The molecule has 0 aliphatic heterocycles. The number of aliphatic hydroxyl groups is 1. The molecule has 4 fully saturated rings. The maximum absolute atomic E-state index is 12.8. The molecular weight excluding hydrogens is 390 g/mol. The Labute approximate surface area is 184 Å². The second-order valence-electron chi connectivity index (χ2n) is 11.4. The van der Waals surface area contributed by atoms with Crippen molar-refractivity contribution in [2.24, 2.45) is 40.4 Å². The van der Waals surface area contributed by atoms with Crippen LogP contribution in [0, 0.1) is 40.4 Å². The number of fused-ring (bicyclic) bond motifs is 5. The van der Waals surface area contributed by atoms with Crippen molar-refractivity contribution < 1.29 is 9.32 Å². The third-order valence-electron chi connectivity index (χ3n) is 10.4. The van der Waals surface area contributed by atoms with Crippen LogP contribution in [-0.2, 0) is 10.8 Å². The molecule has 1 aromatic heterocycles. The molecule has 1 N–H and O–H groups in total. The standard InChI is InChI=1S/C26H39NO2S/c1-25-13-8-24-22(5-3-19-17-20(28)7-12-26(19,24)2)23(25)6-4-18(25)11-16-30(29)21-9-14-27-15-10-21/h9-10,14-15,18-20,22-24,28H,3-8,11-13,16-17H2,1-2H3/t18-,19-,20-,22+,23+,24+,25-,26+,30?/m1/s1. The smallest absolute Gasteiger partial charge is 0.0543 e. The van der Waals surface area contributed by atoms with E-state index < -0.39 is 10.8 Å². The van der Waals surface area contributed by atoms with Crippen molar-refractivity contribution in [1.29, 1.82) is 0 Å². The van der Waals surface area contributed by atoms with E-state index in [0.29, 0.717) is 10.8 Å². The average Bonchev–Trinajstić information content (AvgIpc) is 3.09. The van der Waals surface area contributed by atoms with Crippen LogP contribution in [-0.4, -0.2) is 26.2 Å². The summed E-state index contributed by atoms with van der Waals surface area (Å²) in [5, 5.41) is 10.2. The molecule has 0 bridgehead atoms. The van der Waals surface area contributed by atoms with E-state index in [-0.39, 0.29) is 6.10 Å². The normalized spacial score (nSPS) is 46.5. The van der Waals surface area contributed by atoms with Gasteiger partial charge in [0.25, 0.3) is 0 Å². The van der Waals surface area contributed by atoms with Gasteiger partial charge in [0, 0.05) is 23.0 Å². The van der Waals surface area contributed by atoms with Gasteiger partial charge in [0.1, 0.15) is 0 Å². The lowest BCUT2D eigenvalue weighted by Crippen LogP contribution is -2.53. The van der Waals surface area contributed by atoms with Gasteiger partial charge in [0.2, 0.25) is 0 Å². The van der Waals surface area contributed by atoms with Gasteiger partial charge >= 0.3 is 0 Å². The summed E-state index contributed by atoms with van der Waals surface area (Å²) in [6.45, 7) is 5.16. The SMILES string of the molecule is C[C@]12CC[C@@H](O)C[C@H]1CC[C@@H]1[C@@H]2CC[C@]2(C)[C@@H](CCS(=O)c3ccncc3)CC[C@@H]12. The van der Waals surface area contributed by atoms with E-state index in [0.717, 1.165) is 59.5 Å². The second-order valence-corrected chi connectivity index (χ2v) is 13.0. The highest BCUT2D eigenvalue weighted by Gasteiger charge is 2.59. The van der Waals surface area contributed by atoms with Crippen LogP contribution in [0.5, 0.6) is 0 Å².